The molecule has 2 aromatic heterocycles. The van der Waals surface area contributed by atoms with E-state index in [1.54, 1.807) is 0 Å². The van der Waals surface area contributed by atoms with Gasteiger partial charge in [0.2, 0.25) is 0 Å². The van der Waals surface area contributed by atoms with Crippen LogP contribution in [0.1, 0.15) is 40.2 Å². The van der Waals surface area contributed by atoms with E-state index in [0.29, 0.717) is 0 Å². The van der Waals surface area contributed by atoms with Crippen LogP contribution in [0.5, 0.6) is 0 Å². The average Bonchev–Trinajstić information content (AvgIpc) is 3.34. The Balaban J connectivity index is 0.000000519. The van der Waals surface area contributed by atoms with Gasteiger partial charge in [-0.1, -0.05) is 117 Å². The van der Waals surface area contributed by atoms with Gasteiger partial charge in [0.25, 0.3) is 0 Å². The van der Waals surface area contributed by atoms with Crippen LogP contribution in [0.25, 0.3) is 53.3 Å². The van der Waals surface area contributed by atoms with E-state index in [1.165, 1.54) is 67.4 Å². The van der Waals surface area contributed by atoms with Crippen molar-refractivity contribution in [2.45, 2.75) is 59.7 Å². The van der Waals surface area contributed by atoms with Crippen molar-refractivity contribution in [1.29, 1.82) is 0 Å². The second-order valence-electron chi connectivity index (χ2n) is 13.4. The predicted molar refractivity (Wildman–Crippen MR) is 193 cm³/mol. The number of carbonyl (C=O) groups is 1. The third-order valence-electron chi connectivity index (χ3n) is 7.72. The molecule has 0 aliphatic rings. The molecule has 6 rings (SSSR count). The van der Waals surface area contributed by atoms with Crippen molar-refractivity contribution in [1.82, 2.24) is 4.98 Å². The SMILES string of the molecule is CC(=O)/C=C(/C)O.CC(C)(C)c1cc(-c2nccc3sc4c(-c5ccc([Si](C)(C)C)cc5)cccc4c23)[c-]c2ccccc12.[Ir]. The van der Waals surface area contributed by atoms with Gasteiger partial charge in [-0.25, -0.2) is 0 Å². The van der Waals surface area contributed by atoms with E-state index in [-0.39, 0.29) is 37.1 Å². The number of aromatic nitrogens is 1. The number of fused-ring (bicyclic) bond motifs is 4. The van der Waals surface area contributed by atoms with Crippen LogP contribution in [0.15, 0.2) is 96.9 Å². The number of hydrogen-bond acceptors (Lipinski definition) is 4. The molecule has 0 spiro atoms. The van der Waals surface area contributed by atoms with Crippen LogP contribution in [0, 0.1) is 6.07 Å². The number of benzene rings is 4. The first-order valence-corrected chi connectivity index (χ1v) is 19.3. The van der Waals surface area contributed by atoms with Crippen LogP contribution in [-0.4, -0.2) is 23.9 Å². The topological polar surface area (TPSA) is 50.2 Å². The zero-order valence-electron chi connectivity index (χ0n) is 27.2. The molecule has 233 valence electrons. The second-order valence-corrected chi connectivity index (χ2v) is 19.6. The van der Waals surface area contributed by atoms with E-state index in [4.69, 9.17) is 10.1 Å². The summed E-state index contributed by atoms with van der Waals surface area (Å²) < 4.78 is 2.59. The number of aliphatic hydroxyl groups excluding tert-OH is 1. The molecule has 1 N–H and O–H groups in total. The number of carbonyl (C=O) groups excluding carboxylic acids is 1. The van der Waals surface area contributed by atoms with Gasteiger partial charge in [-0.15, -0.1) is 40.5 Å². The van der Waals surface area contributed by atoms with Gasteiger partial charge < -0.3 is 5.11 Å². The summed E-state index contributed by atoms with van der Waals surface area (Å²) in [4.78, 5) is 15.0. The zero-order chi connectivity index (χ0) is 31.8. The van der Waals surface area contributed by atoms with Crippen LogP contribution in [0.3, 0.4) is 0 Å². The van der Waals surface area contributed by atoms with Gasteiger partial charge in [0, 0.05) is 47.5 Å². The molecule has 6 aromatic rings. The molecule has 2 heterocycles. The Bertz CT molecular complexity index is 2030. The number of aliphatic hydroxyl groups is 1. The van der Waals surface area contributed by atoms with Crippen LogP contribution in [0.4, 0.5) is 0 Å². The fraction of sp³-hybridized carbons (Fsp3) is 0.231. The molecule has 0 amide bonds. The Morgan fingerprint density at radius 2 is 1.58 bits per heavy atom. The Labute approximate surface area is 285 Å². The van der Waals surface area contributed by atoms with Crippen LogP contribution in [-0.2, 0) is 30.3 Å². The molecule has 1 radical (unpaired) electrons. The summed E-state index contributed by atoms with van der Waals surface area (Å²) in [5.41, 5.74) is 6.01. The Hall–Kier alpha value is -3.41. The predicted octanol–water partition coefficient (Wildman–Crippen LogP) is 10.6. The summed E-state index contributed by atoms with van der Waals surface area (Å²) in [6.45, 7) is 16.9. The first-order valence-electron chi connectivity index (χ1n) is 15.0. The van der Waals surface area contributed by atoms with Gasteiger partial charge in [-0.05, 0) is 47.2 Å². The molecule has 0 unspecified atom stereocenters. The molecule has 0 aliphatic heterocycles. The van der Waals surface area contributed by atoms with Gasteiger partial charge in [-0.3, -0.25) is 9.78 Å². The number of pyridine rings is 1. The van der Waals surface area contributed by atoms with E-state index < -0.39 is 8.07 Å². The van der Waals surface area contributed by atoms with E-state index in [0.717, 1.165) is 16.6 Å². The third kappa shape index (κ3) is 7.53. The van der Waals surface area contributed by atoms with Gasteiger partial charge in [0.1, 0.15) is 0 Å². The summed E-state index contributed by atoms with van der Waals surface area (Å²) in [7, 11) is -1.33. The summed E-state index contributed by atoms with van der Waals surface area (Å²) in [6.07, 6.45) is 3.12. The van der Waals surface area contributed by atoms with Crippen molar-refractivity contribution in [2.24, 2.45) is 0 Å². The molecule has 0 saturated carbocycles. The molecule has 45 heavy (non-hydrogen) atoms. The molecule has 0 fully saturated rings. The van der Waals surface area contributed by atoms with Crippen molar-refractivity contribution in [3.63, 3.8) is 0 Å². The number of nitrogens with zero attached hydrogens (tertiary/aromatic N) is 1. The molecular formula is C39H40IrNO2SSi-. The number of ketones is 1. The molecular weight excluding hydrogens is 767 g/mol. The van der Waals surface area contributed by atoms with Gasteiger partial charge in [0.15, 0.2) is 5.78 Å². The minimum absolute atomic E-state index is 0. The molecule has 0 saturated heterocycles. The average molecular weight is 807 g/mol. The molecule has 6 heteroatoms. The van der Waals surface area contributed by atoms with Gasteiger partial charge in [0.05, 0.1) is 13.8 Å². The minimum atomic E-state index is -1.33. The van der Waals surface area contributed by atoms with E-state index in [2.05, 4.69) is 125 Å². The normalized spacial score (nSPS) is 12.1. The van der Waals surface area contributed by atoms with Crippen LogP contribution >= 0.6 is 11.3 Å². The standard InChI is InChI=1S/C34H32NSSi.C5H8O2.Ir/c1-34(2,3)29-21-24(20-23-10-7-8-11-26(23)29)32-31-28-13-9-12-27(33(28)36-30(31)18-19-35-32)22-14-16-25(17-15-22)37(4,5)6;1-4(6)3-5(2)7;/h7-19,21H,1-6H3;3,6H,1-2H3;/q-1;;/b;4-3-;. The smallest absolute Gasteiger partial charge is 0.155 e. The molecule has 3 nitrogen and oxygen atoms in total. The largest absolute Gasteiger partial charge is 0.512 e. The van der Waals surface area contributed by atoms with Crippen LogP contribution in [0.2, 0.25) is 19.6 Å². The monoisotopic (exact) mass is 807 g/mol. The fourth-order valence-corrected chi connectivity index (χ4v) is 8.00. The van der Waals surface area contributed by atoms with E-state index >= 15 is 0 Å². The number of rotatable bonds is 4. The van der Waals surface area contributed by atoms with Crippen molar-refractivity contribution >= 4 is 61.3 Å². The summed E-state index contributed by atoms with van der Waals surface area (Å²) >= 11 is 1.87. The molecule has 4 aromatic carbocycles. The molecule has 0 atom stereocenters. The first-order chi connectivity index (χ1) is 20.7. The number of allylic oxidation sites excluding steroid dienone is 2. The van der Waals surface area contributed by atoms with Crippen molar-refractivity contribution in [2.75, 3.05) is 0 Å². The van der Waals surface area contributed by atoms with Crippen LogP contribution < -0.4 is 5.19 Å². The van der Waals surface area contributed by atoms with Gasteiger partial charge >= 0.3 is 0 Å². The Morgan fingerprint density at radius 3 is 2.18 bits per heavy atom. The zero-order valence-corrected chi connectivity index (χ0v) is 31.4. The Morgan fingerprint density at radius 1 is 0.911 bits per heavy atom. The van der Waals surface area contributed by atoms with Crippen molar-refractivity contribution < 1.29 is 30.0 Å². The first kappa shape index (κ1) is 34.5. The third-order valence-corrected chi connectivity index (χ3v) is 11.0. The molecule has 0 bridgehead atoms. The molecule has 0 aliphatic carbocycles. The quantitative estimate of drug-likeness (QED) is 0.0836. The number of thiophene rings is 1. The summed E-state index contributed by atoms with van der Waals surface area (Å²) in [5, 5.41) is 14.8. The second kappa shape index (κ2) is 13.5. The fourth-order valence-electron chi connectivity index (χ4n) is 5.60. The minimum Gasteiger partial charge on any atom is -0.512 e. The summed E-state index contributed by atoms with van der Waals surface area (Å²) in [5.74, 6) is -0.0625. The van der Waals surface area contributed by atoms with E-state index in [9.17, 15) is 4.79 Å². The van der Waals surface area contributed by atoms with Crippen molar-refractivity contribution in [3.05, 3.63) is 109 Å². The Kier molecular flexibility index (Phi) is 10.4. The van der Waals surface area contributed by atoms with Gasteiger partial charge in [-0.2, -0.15) is 0 Å². The summed E-state index contributed by atoms with van der Waals surface area (Å²) in [6, 6.07) is 32.8. The van der Waals surface area contributed by atoms with Crippen molar-refractivity contribution in [3.8, 4) is 22.4 Å². The van der Waals surface area contributed by atoms with E-state index in [1.807, 2.05) is 17.5 Å². The maximum atomic E-state index is 10.0. The maximum Gasteiger partial charge on any atom is 0.155 e. The maximum absolute atomic E-state index is 10.0. The number of hydrogen-bond donors (Lipinski definition) is 1.